The number of nitrogens with zero attached hydrogens (tertiary/aromatic N) is 2. The zero-order chi connectivity index (χ0) is 23.8. The van der Waals surface area contributed by atoms with E-state index in [0.29, 0.717) is 24.7 Å². The van der Waals surface area contributed by atoms with Gasteiger partial charge in [0.05, 0.1) is 32.4 Å². The highest BCUT2D eigenvalue weighted by Gasteiger charge is 2.12. The van der Waals surface area contributed by atoms with Crippen LogP contribution in [-0.4, -0.2) is 29.5 Å². The molecule has 0 unspecified atom stereocenters. The summed E-state index contributed by atoms with van der Waals surface area (Å²) in [7, 11) is 0. The summed E-state index contributed by atoms with van der Waals surface area (Å²) >= 11 is 5.20. The Balaban J connectivity index is 1.35. The quantitative estimate of drug-likeness (QED) is 0.102. The number of carbonyl (C=O) groups is 1. The minimum atomic E-state index is -0.192. The van der Waals surface area contributed by atoms with Gasteiger partial charge in [-0.2, -0.15) is 5.10 Å². The van der Waals surface area contributed by atoms with Crippen molar-refractivity contribution in [3.05, 3.63) is 81.4 Å². The third-order valence-corrected chi connectivity index (χ3v) is 7.54. The molecule has 1 heterocycles. The normalized spacial score (nSPS) is 11.1. The van der Waals surface area contributed by atoms with Crippen molar-refractivity contribution in [2.75, 3.05) is 12.4 Å². The highest BCUT2D eigenvalue weighted by Crippen LogP contribution is 2.34. The molecule has 0 aliphatic carbocycles. The molecule has 6 nitrogen and oxygen atoms in total. The first-order valence-electron chi connectivity index (χ1n) is 10.6. The van der Waals surface area contributed by atoms with E-state index in [1.54, 1.807) is 17.6 Å². The maximum atomic E-state index is 12.2. The summed E-state index contributed by atoms with van der Waals surface area (Å²) in [6.07, 6.45) is 1.60. The number of amides is 1. The smallest absolute Gasteiger partial charge is 0.250 e. The van der Waals surface area contributed by atoms with Crippen molar-refractivity contribution in [3.63, 3.8) is 0 Å². The summed E-state index contributed by atoms with van der Waals surface area (Å²) in [6, 6.07) is 21.7. The number of fused-ring (bicyclic) bond motifs is 1. The first-order valence-corrected chi connectivity index (χ1v) is 13.4. The molecule has 0 saturated heterocycles. The van der Waals surface area contributed by atoms with Crippen LogP contribution >= 0.6 is 45.7 Å². The van der Waals surface area contributed by atoms with E-state index in [0.717, 1.165) is 29.3 Å². The number of rotatable bonds is 10. The SMILES string of the molecule is CCOc1cc(/C=N\NC(=O)CSc2nc3ccccc3s2)cc(I)c1OCc1ccccc1. The third kappa shape index (κ3) is 6.71. The van der Waals surface area contributed by atoms with Gasteiger partial charge in [0.2, 0.25) is 0 Å². The van der Waals surface area contributed by atoms with Crippen LogP contribution < -0.4 is 14.9 Å². The summed E-state index contributed by atoms with van der Waals surface area (Å²) in [6.45, 7) is 2.89. The Morgan fingerprint density at radius 2 is 1.94 bits per heavy atom. The van der Waals surface area contributed by atoms with Crippen molar-refractivity contribution in [3.8, 4) is 11.5 Å². The number of thiazole rings is 1. The number of thioether (sulfide) groups is 1. The Labute approximate surface area is 219 Å². The Hall–Kier alpha value is -2.63. The van der Waals surface area contributed by atoms with E-state index in [2.05, 4.69) is 38.1 Å². The van der Waals surface area contributed by atoms with Crippen molar-refractivity contribution in [2.45, 2.75) is 17.9 Å². The van der Waals surface area contributed by atoms with Gasteiger partial charge in [-0.05, 0) is 64.9 Å². The van der Waals surface area contributed by atoms with Gasteiger partial charge in [0.1, 0.15) is 6.61 Å². The van der Waals surface area contributed by atoms with Crippen LogP contribution in [0, 0.1) is 3.57 Å². The van der Waals surface area contributed by atoms with Crippen LogP contribution in [0.15, 0.2) is 76.2 Å². The molecular formula is C25H22IN3O3S2. The Bertz CT molecular complexity index is 1260. The number of para-hydroxylation sites is 1. The second-order valence-electron chi connectivity index (χ2n) is 7.07. The summed E-state index contributed by atoms with van der Waals surface area (Å²) < 4.78 is 14.7. The van der Waals surface area contributed by atoms with Gasteiger partial charge in [0.25, 0.3) is 5.91 Å². The van der Waals surface area contributed by atoms with Crippen molar-refractivity contribution in [1.29, 1.82) is 0 Å². The molecule has 0 aliphatic rings. The summed E-state index contributed by atoms with van der Waals surface area (Å²) in [5.41, 5.74) is 5.41. The van der Waals surface area contributed by atoms with Crippen LogP contribution in [-0.2, 0) is 11.4 Å². The minimum Gasteiger partial charge on any atom is -0.490 e. The molecule has 1 aromatic heterocycles. The van der Waals surface area contributed by atoms with E-state index < -0.39 is 0 Å². The molecule has 0 fully saturated rings. The third-order valence-electron chi connectivity index (χ3n) is 4.56. The first kappa shape index (κ1) is 24.5. The Morgan fingerprint density at radius 3 is 2.74 bits per heavy atom. The lowest BCUT2D eigenvalue weighted by atomic mass is 10.2. The maximum absolute atomic E-state index is 12.2. The second kappa shape index (κ2) is 12.2. The predicted molar refractivity (Wildman–Crippen MR) is 147 cm³/mol. The average Bonchev–Trinajstić information content (AvgIpc) is 3.26. The number of aromatic nitrogens is 1. The van der Waals surface area contributed by atoms with E-state index in [9.17, 15) is 4.79 Å². The largest absolute Gasteiger partial charge is 0.490 e. The number of benzene rings is 3. The maximum Gasteiger partial charge on any atom is 0.250 e. The fraction of sp³-hybridized carbons (Fsp3) is 0.160. The van der Waals surface area contributed by atoms with E-state index in [-0.39, 0.29) is 11.7 Å². The Morgan fingerprint density at radius 1 is 1.15 bits per heavy atom. The van der Waals surface area contributed by atoms with Crippen LogP contribution in [0.5, 0.6) is 11.5 Å². The van der Waals surface area contributed by atoms with E-state index in [4.69, 9.17) is 9.47 Å². The fourth-order valence-corrected chi connectivity index (χ4v) is 5.69. The molecule has 9 heteroatoms. The monoisotopic (exact) mass is 603 g/mol. The second-order valence-corrected chi connectivity index (χ2v) is 10.5. The van der Waals surface area contributed by atoms with E-state index in [1.807, 2.05) is 73.7 Å². The van der Waals surface area contributed by atoms with Gasteiger partial charge in [-0.3, -0.25) is 4.79 Å². The van der Waals surface area contributed by atoms with Crippen molar-refractivity contribution in [2.24, 2.45) is 5.10 Å². The van der Waals surface area contributed by atoms with Gasteiger partial charge >= 0.3 is 0 Å². The molecule has 0 aliphatic heterocycles. The van der Waals surface area contributed by atoms with Gasteiger partial charge in [-0.25, -0.2) is 10.4 Å². The van der Waals surface area contributed by atoms with E-state index in [1.165, 1.54) is 11.8 Å². The van der Waals surface area contributed by atoms with Crippen LogP contribution in [0.25, 0.3) is 10.2 Å². The molecule has 1 N–H and O–H groups in total. The molecule has 0 radical (unpaired) electrons. The lowest BCUT2D eigenvalue weighted by molar-refractivity contribution is -0.118. The zero-order valence-corrected chi connectivity index (χ0v) is 22.2. The lowest BCUT2D eigenvalue weighted by Crippen LogP contribution is -2.19. The fourth-order valence-electron chi connectivity index (χ4n) is 3.05. The molecule has 1 amide bonds. The first-order chi connectivity index (χ1) is 16.6. The molecule has 34 heavy (non-hydrogen) atoms. The number of nitrogens with one attached hydrogen (secondary N) is 1. The van der Waals surface area contributed by atoms with E-state index >= 15 is 0 Å². The van der Waals surface area contributed by atoms with Crippen LogP contribution in [0.2, 0.25) is 0 Å². The van der Waals surface area contributed by atoms with Crippen molar-refractivity contribution >= 4 is 68.0 Å². The average molecular weight is 604 g/mol. The standard InChI is InChI=1S/C25H22IN3O3S2/c1-2-31-21-13-18(12-19(26)24(21)32-15-17-8-4-3-5-9-17)14-27-29-23(30)16-33-25-28-20-10-6-7-11-22(20)34-25/h3-14H,2,15-16H2,1H3,(H,29,30)/b27-14-. The van der Waals surface area contributed by atoms with Gasteiger partial charge in [-0.1, -0.05) is 54.2 Å². The molecule has 0 spiro atoms. The minimum absolute atomic E-state index is 0.192. The summed E-state index contributed by atoms with van der Waals surface area (Å²) in [5, 5.41) is 4.11. The number of hydrogen-bond acceptors (Lipinski definition) is 7. The number of hydrazone groups is 1. The lowest BCUT2D eigenvalue weighted by Gasteiger charge is -2.14. The molecule has 0 atom stereocenters. The van der Waals surface area contributed by atoms with Gasteiger partial charge < -0.3 is 9.47 Å². The Kier molecular flexibility index (Phi) is 8.78. The number of hydrogen-bond donors (Lipinski definition) is 1. The highest BCUT2D eigenvalue weighted by atomic mass is 127. The zero-order valence-electron chi connectivity index (χ0n) is 18.4. The van der Waals surface area contributed by atoms with Gasteiger partial charge in [-0.15, -0.1) is 11.3 Å². The number of ether oxygens (including phenoxy) is 2. The van der Waals surface area contributed by atoms with Gasteiger partial charge in [0.15, 0.2) is 15.8 Å². The molecule has 174 valence electrons. The molecule has 3 aromatic carbocycles. The molecule has 4 aromatic rings. The molecular weight excluding hydrogens is 581 g/mol. The van der Waals surface area contributed by atoms with Crippen LogP contribution in [0.3, 0.4) is 0 Å². The molecule has 0 saturated carbocycles. The van der Waals surface area contributed by atoms with Crippen LogP contribution in [0.1, 0.15) is 18.1 Å². The summed E-state index contributed by atoms with van der Waals surface area (Å²) in [5.74, 6) is 1.39. The number of carbonyl (C=O) groups excluding carboxylic acids is 1. The molecule has 0 bridgehead atoms. The van der Waals surface area contributed by atoms with Crippen molar-refractivity contribution < 1.29 is 14.3 Å². The topological polar surface area (TPSA) is 72.8 Å². The van der Waals surface area contributed by atoms with Crippen molar-refractivity contribution in [1.82, 2.24) is 10.4 Å². The molecule has 4 rings (SSSR count). The van der Waals surface area contributed by atoms with Crippen LogP contribution in [0.4, 0.5) is 0 Å². The predicted octanol–water partition coefficient (Wildman–Crippen LogP) is 6.12. The number of halogens is 1. The summed E-state index contributed by atoms with van der Waals surface area (Å²) in [4.78, 5) is 16.7. The van der Waals surface area contributed by atoms with Gasteiger partial charge in [0, 0.05) is 0 Å². The highest BCUT2D eigenvalue weighted by molar-refractivity contribution is 14.1.